The molecule has 2 aromatic heterocycles. The Balaban J connectivity index is 1.48. The second-order valence-electron chi connectivity index (χ2n) is 7.64. The van der Waals surface area contributed by atoms with E-state index in [1.165, 1.54) is 13.2 Å². The summed E-state index contributed by atoms with van der Waals surface area (Å²) in [5, 5.41) is 4.00. The molecule has 0 atom stereocenters. The van der Waals surface area contributed by atoms with Gasteiger partial charge in [-0.1, -0.05) is 24.6 Å². The molecule has 0 saturated carbocycles. The smallest absolute Gasteiger partial charge is 0.437 e. The van der Waals surface area contributed by atoms with Crippen LogP contribution < -0.4 is 4.74 Å². The van der Waals surface area contributed by atoms with E-state index in [0.717, 1.165) is 17.3 Å². The van der Waals surface area contributed by atoms with Gasteiger partial charge < -0.3 is 18.6 Å². The molecule has 0 bridgehead atoms. The summed E-state index contributed by atoms with van der Waals surface area (Å²) >= 11 is 0. The average molecular weight is 460 g/mol. The second-order valence-corrected chi connectivity index (χ2v) is 7.64. The lowest BCUT2D eigenvalue weighted by Gasteiger charge is -2.12. The fourth-order valence-corrected chi connectivity index (χ4v) is 3.99. The van der Waals surface area contributed by atoms with Crippen molar-refractivity contribution >= 4 is 27.8 Å². The maximum absolute atomic E-state index is 13.2. The highest BCUT2D eigenvalue weighted by Crippen LogP contribution is 2.38. The lowest BCUT2D eigenvalue weighted by atomic mass is 10.0. The van der Waals surface area contributed by atoms with E-state index in [1.807, 2.05) is 29.8 Å². The summed E-state index contributed by atoms with van der Waals surface area (Å²) in [5.41, 5.74) is 1.10. The Hall–Kier alpha value is -3.49. The van der Waals surface area contributed by atoms with Crippen LogP contribution in [0, 0.1) is 0 Å². The minimum atomic E-state index is -4.58. The molecule has 33 heavy (non-hydrogen) atoms. The zero-order chi connectivity index (χ0) is 23.6. The van der Waals surface area contributed by atoms with Gasteiger partial charge in [0.25, 0.3) is 0 Å². The first-order chi connectivity index (χ1) is 15.8. The van der Waals surface area contributed by atoms with Gasteiger partial charge in [0.1, 0.15) is 5.75 Å². The van der Waals surface area contributed by atoms with Crippen LogP contribution in [0.25, 0.3) is 21.9 Å². The van der Waals surface area contributed by atoms with E-state index in [1.54, 1.807) is 18.2 Å². The zero-order valence-corrected chi connectivity index (χ0v) is 18.2. The van der Waals surface area contributed by atoms with E-state index in [2.05, 4.69) is 5.16 Å². The Bertz CT molecular complexity index is 1290. The molecule has 0 radical (unpaired) electrons. The SMILES string of the molecule is CCCc1c(OCCCn2ccc3c(C(=O)OC)cccc32)ccc2c(C(F)(F)F)noc12. The first-order valence-electron chi connectivity index (χ1n) is 10.6. The summed E-state index contributed by atoms with van der Waals surface area (Å²) in [6.45, 7) is 2.93. The van der Waals surface area contributed by atoms with E-state index in [9.17, 15) is 18.0 Å². The van der Waals surface area contributed by atoms with Crippen LogP contribution in [-0.2, 0) is 23.9 Å². The van der Waals surface area contributed by atoms with Crippen molar-refractivity contribution in [3.63, 3.8) is 0 Å². The fraction of sp³-hybridized carbons (Fsp3) is 0.333. The molecule has 2 aromatic carbocycles. The number of benzene rings is 2. The first-order valence-corrected chi connectivity index (χ1v) is 10.6. The maximum atomic E-state index is 13.2. The predicted octanol–water partition coefficient (Wildman–Crippen LogP) is 6.01. The topological polar surface area (TPSA) is 66.5 Å². The van der Waals surface area contributed by atoms with Gasteiger partial charge in [-0.15, -0.1) is 0 Å². The van der Waals surface area contributed by atoms with Crippen LogP contribution in [0.2, 0.25) is 0 Å². The normalized spacial score (nSPS) is 11.9. The zero-order valence-electron chi connectivity index (χ0n) is 18.2. The molecule has 9 heteroatoms. The van der Waals surface area contributed by atoms with Gasteiger partial charge >= 0.3 is 12.1 Å². The Morgan fingerprint density at radius 2 is 1.97 bits per heavy atom. The van der Waals surface area contributed by atoms with Crippen LogP contribution in [0.1, 0.15) is 41.4 Å². The number of rotatable bonds is 8. The molecule has 174 valence electrons. The number of ether oxygens (including phenoxy) is 2. The molecular weight excluding hydrogens is 437 g/mol. The molecular formula is C24H23F3N2O4. The fourth-order valence-electron chi connectivity index (χ4n) is 3.99. The number of nitrogens with zero attached hydrogens (tertiary/aromatic N) is 2. The van der Waals surface area contributed by atoms with E-state index in [-0.39, 0.29) is 16.9 Å². The van der Waals surface area contributed by atoms with Gasteiger partial charge in [-0.05, 0) is 43.2 Å². The van der Waals surface area contributed by atoms with Crippen LogP contribution in [-0.4, -0.2) is 29.4 Å². The minimum absolute atomic E-state index is 0.0569. The highest BCUT2D eigenvalue weighted by molar-refractivity contribution is 6.03. The Kier molecular flexibility index (Phi) is 6.31. The van der Waals surface area contributed by atoms with E-state index < -0.39 is 11.9 Å². The summed E-state index contributed by atoms with van der Waals surface area (Å²) in [6, 6.07) is 10.2. The van der Waals surface area contributed by atoms with Gasteiger partial charge in [-0.25, -0.2) is 4.79 Å². The molecule has 2 heterocycles. The van der Waals surface area contributed by atoms with Gasteiger partial charge in [0.2, 0.25) is 0 Å². The van der Waals surface area contributed by atoms with Crippen LogP contribution >= 0.6 is 0 Å². The van der Waals surface area contributed by atoms with Crippen molar-refractivity contribution in [1.29, 1.82) is 0 Å². The largest absolute Gasteiger partial charge is 0.493 e. The van der Waals surface area contributed by atoms with Gasteiger partial charge in [0, 0.05) is 29.2 Å². The lowest BCUT2D eigenvalue weighted by molar-refractivity contribution is -0.141. The van der Waals surface area contributed by atoms with E-state index in [0.29, 0.717) is 42.9 Å². The highest BCUT2D eigenvalue weighted by atomic mass is 19.4. The second kappa shape index (κ2) is 9.17. The summed E-state index contributed by atoms with van der Waals surface area (Å²) < 4.78 is 57.4. The number of aryl methyl sites for hydroxylation is 2. The molecule has 6 nitrogen and oxygen atoms in total. The third kappa shape index (κ3) is 4.40. The number of hydrogen-bond acceptors (Lipinski definition) is 5. The molecule has 0 aliphatic carbocycles. The predicted molar refractivity (Wildman–Crippen MR) is 116 cm³/mol. The molecule has 4 rings (SSSR count). The van der Waals surface area contributed by atoms with Crippen molar-refractivity contribution in [2.75, 3.05) is 13.7 Å². The van der Waals surface area contributed by atoms with Crippen molar-refractivity contribution in [3.05, 3.63) is 59.4 Å². The van der Waals surface area contributed by atoms with Crippen molar-refractivity contribution in [2.45, 2.75) is 38.9 Å². The van der Waals surface area contributed by atoms with Gasteiger partial charge in [0.05, 0.1) is 24.7 Å². The molecule has 0 N–H and O–H groups in total. The summed E-state index contributed by atoms with van der Waals surface area (Å²) in [7, 11) is 1.35. The number of alkyl halides is 3. The Morgan fingerprint density at radius 1 is 1.15 bits per heavy atom. The van der Waals surface area contributed by atoms with Gasteiger partial charge in [-0.2, -0.15) is 13.2 Å². The van der Waals surface area contributed by atoms with Crippen molar-refractivity contribution in [2.24, 2.45) is 0 Å². The monoisotopic (exact) mass is 460 g/mol. The van der Waals surface area contributed by atoms with Crippen molar-refractivity contribution in [1.82, 2.24) is 9.72 Å². The quantitative estimate of drug-likeness (QED) is 0.238. The average Bonchev–Trinajstić information content (AvgIpc) is 3.41. The van der Waals surface area contributed by atoms with Gasteiger partial charge in [-0.3, -0.25) is 0 Å². The van der Waals surface area contributed by atoms with Crippen LogP contribution in [0.15, 0.2) is 47.1 Å². The number of methoxy groups -OCH3 is 1. The molecule has 0 spiro atoms. The molecule has 0 saturated heterocycles. The molecule has 0 aliphatic rings. The molecule has 0 amide bonds. The Labute approximate surface area is 187 Å². The van der Waals surface area contributed by atoms with Gasteiger partial charge in [0.15, 0.2) is 11.3 Å². The summed E-state index contributed by atoms with van der Waals surface area (Å²) in [4.78, 5) is 12.0. The van der Waals surface area contributed by atoms with Crippen LogP contribution in [0.4, 0.5) is 13.2 Å². The van der Waals surface area contributed by atoms with E-state index in [4.69, 9.17) is 14.0 Å². The third-order valence-electron chi connectivity index (χ3n) is 5.49. The molecule has 0 aliphatic heterocycles. The van der Waals surface area contributed by atoms with Crippen molar-refractivity contribution < 1.29 is 32.0 Å². The number of esters is 1. The third-order valence-corrected chi connectivity index (χ3v) is 5.49. The summed E-state index contributed by atoms with van der Waals surface area (Å²) in [6.07, 6.45) is -0.795. The number of carbonyl (C=O) groups is 1. The highest BCUT2D eigenvalue weighted by Gasteiger charge is 2.37. The number of hydrogen-bond donors (Lipinski definition) is 0. The van der Waals surface area contributed by atoms with Crippen molar-refractivity contribution in [3.8, 4) is 5.75 Å². The number of aromatic nitrogens is 2. The number of carbonyl (C=O) groups excluding carboxylic acids is 1. The first kappa shape index (κ1) is 22.7. The molecule has 0 unspecified atom stereocenters. The number of fused-ring (bicyclic) bond motifs is 2. The van der Waals surface area contributed by atoms with Crippen LogP contribution in [0.5, 0.6) is 5.75 Å². The maximum Gasteiger partial charge on any atom is 0.437 e. The molecule has 0 fully saturated rings. The van der Waals surface area contributed by atoms with E-state index >= 15 is 0 Å². The molecule has 4 aromatic rings. The Morgan fingerprint density at radius 3 is 2.70 bits per heavy atom. The standard InChI is InChI=1S/C24H23F3N2O4/c1-3-6-17-20(10-9-18-21(17)33-28-22(18)24(25,26)27)32-14-5-12-29-13-11-15-16(23(30)31-2)7-4-8-19(15)29/h4,7-11,13H,3,5-6,12,14H2,1-2H3. The number of halogens is 3. The lowest BCUT2D eigenvalue weighted by Crippen LogP contribution is -2.07. The summed E-state index contributed by atoms with van der Waals surface area (Å²) in [5.74, 6) is 0.112. The minimum Gasteiger partial charge on any atom is -0.493 e. The van der Waals surface area contributed by atoms with Crippen LogP contribution in [0.3, 0.4) is 0 Å².